The molecule has 3 N–H and O–H groups in total. The quantitative estimate of drug-likeness (QED) is 0.298. The monoisotopic (exact) mass is 548 g/mol. The number of aryl methyl sites for hydroxylation is 2. The molecule has 3 heterocycles. The molecule has 4 aromatic rings. The number of likely N-dealkylation sites (tertiary alicyclic amines) is 1. The highest BCUT2D eigenvalue weighted by atomic mass is 32.2. The lowest BCUT2D eigenvalue weighted by Crippen LogP contribution is -2.39. The van der Waals surface area contributed by atoms with E-state index in [0.717, 1.165) is 63.7 Å². The Hall–Kier alpha value is -2.81. The number of anilines is 1. The first kappa shape index (κ1) is 25.8. The smallest absolute Gasteiger partial charge is 0.224 e. The molecule has 2 aromatic carbocycles. The van der Waals surface area contributed by atoms with Crippen molar-refractivity contribution in [2.75, 3.05) is 18.4 Å². The van der Waals surface area contributed by atoms with Crippen molar-refractivity contribution >= 4 is 50.2 Å². The van der Waals surface area contributed by atoms with E-state index in [-0.39, 0.29) is 0 Å². The van der Waals surface area contributed by atoms with Gasteiger partial charge in [0.2, 0.25) is 5.95 Å². The van der Waals surface area contributed by atoms with E-state index < -0.39 is 11.0 Å². The van der Waals surface area contributed by atoms with Crippen molar-refractivity contribution in [1.82, 2.24) is 14.9 Å². The summed E-state index contributed by atoms with van der Waals surface area (Å²) < 4.78 is 12.5. The average molecular weight is 549 g/mol. The molecule has 1 aliphatic heterocycles. The van der Waals surface area contributed by atoms with Crippen LogP contribution in [0, 0.1) is 25.2 Å². The molecule has 2 aromatic heterocycles. The first-order chi connectivity index (χ1) is 17.9. The third-order valence-electron chi connectivity index (χ3n) is 6.54. The van der Waals surface area contributed by atoms with Crippen molar-refractivity contribution in [2.24, 2.45) is 5.14 Å². The molecule has 1 aliphatic rings. The van der Waals surface area contributed by atoms with Gasteiger partial charge in [-0.3, -0.25) is 4.90 Å². The molecule has 0 bridgehead atoms. The zero-order valence-corrected chi connectivity index (χ0v) is 23.2. The minimum Gasteiger partial charge on any atom is -0.351 e. The SMILES string of the molecule is Cc1cc(C#N)cc(C)c1Sc1nc(NC2CCN(Cc3ccc(S(N)=O)cc3)CC2)nc2ccsc12. The van der Waals surface area contributed by atoms with E-state index in [9.17, 15) is 9.47 Å². The number of fused-ring (bicyclic) bond motifs is 1. The van der Waals surface area contributed by atoms with Crippen molar-refractivity contribution in [3.63, 3.8) is 0 Å². The number of nitriles is 1. The van der Waals surface area contributed by atoms with Gasteiger partial charge >= 0.3 is 0 Å². The molecule has 0 spiro atoms. The summed E-state index contributed by atoms with van der Waals surface area (Å²) in [4.78, 5) is 14.0. The molecule has 37 heavy (non-hydrogen) atoms. The second-order valence-electron chi connectivity index (χ2n) is 9.28. The molecule has 0 amide bonds. The van der Waals surface area contributed by atoms with Gasteiger partial charge in [-0.25, -0.2) is 19.3 Å². The molecule has 7 nitrogen and oxygen atoms in total. The predicted octanol–water partition coefficient (Wildman–Crippen LogP) is 5.39. The van der Waals surface area contributed by atoms with Crippen molar-refractivity contribution in [2.45, 2.75) is 54.1 Å². The van der Waals surface area contributed by atoms with Crippen LogP contribution in [0.25, 0.3) is 10.2 Å². The number of nitrogens with two attached hydrogens (primary N) is 1. The highest BCUT2D eigenvalue weighted by Gasteiger charge is 2.21. The molecule has 5 rings (SSSR count). The Bertz CT molecular complexity index is 1460. The van der Waals surface area contributed by atoms with Crippen molar-refractivity contribution in [1.29, 1.82) is 5.26 Å². The molecule has 190 valence electrons. The van der Waals surface area contributed by atoms with Crippen LogP contribution in [0.1, 0.15) is 35.1 Å². The number of aromatic nitrogens is 2. The van der Waals surface area contributed by atoms with Gasteiger partial charge in [0.25, 0.3) is 0 Å². The number of hydrogen-bond donors (Lipinski definition) is 2. The number of benzene rings is 2. The van der Waals surface area contributed by atoms with E-state index in [2.05, 4.69) is 21.7 Å². The topological polar surface area (TPSA) is 108 Å². The Balaban J connectivity index is 1.26. The minimum atomic E-state index is -1.44. The summed E-state index contributed by atoms with van der Waals surface area (Å²) in [6.07, 6.45) is 2.01. The zero-order chi connectivity index (χ0) is 25.9. The van der Waals surface area contributed by atoms with E-state index in [4.69, 9.17) is 15.1 Å². The molecular formula is C27H28N6OS3. The summed E-state index contributed by atoms with van der Waals surface area (Å²) >= 11 is 3.30. The van der Waals surface area contributed by atoms with Crippen molar-refractivity contribution in [3.05, 3.63) is 70.1 Å². The van der Waals surface area contributed by atoms with Gasteiger partial charge in [0, 0.05) is 30.6 Å². The van der Waals surface area contributed by atoms with Crippen LogP contribution < -0.4 is 10.5 Å². The summed E-state index contributed by atoms with van der Waals surface area (Å²) in [5, 5.41) is 21.3. The summed E-state index contributed by atoms with van der Waals surface area (Å²) in [6.45, 7) is 6.92. The van der Waals surface area contributed by atoms with E-state index in [1.807, 2.05) is 56.3 Å². The van der Waals surface area contributed by atoms with E-state index >= 15 is 0 Å². The maximum absolute atomic E-state index is 11.4. The Morgan fingerprint density at radius 1 is 1.16 bits per heavy atom. The fourth-order valence-corrected chi connectivity index (χ4v) is 7.00. The van der Waals surface area contributed by atoms with Gasteiger partial charge in [-0.2, -0.15) is 5.26 Å². The molecule has 10 heteroatoms. The Labute approximate surface area is 227 Å². The van der Waals surface area contributed by atoms with Gasteiger partial charge in [0.15, 0.2) is 0 Å². The largest absolute Gasteiger partial charge is 0.351 e. The van der Waals surface area contributed by atoms with Gasteiger partial charge in [0.1, 0.15) is 16.0 Å². The highest BCUT2D eigenvalue weighted by molar-refractivity contribution is 7.99. The number of nitrogens with one attached hydrogen (secondary N) is 1. The van der Waals surface area contributed by atoms with E-state index in [0.29, 0.717) is 22.4 Å². The lowest BCUT2D eigenvalue weighted by atomic mass is 10.0. The summed E-state index contributed by atoms with van der Waals surface area (Å²) in [7, 11) is -1.44. The molecule has 1 saturated heterocycles. The molecule has 0 aliphatic carbocycles. The molecule has 0 radical (unpaired) electrons. The van der Waals surface area contributed by atoms with Crippen LogP contribution in [0.5, 0.6) is 0 Å². The van der Waals surface area contributed by atoms with Gasteiger partial charge in [-0.05, 0) is 79.1 Å². The fourth-order valence-electron chi connectivity index (χ4n) is 4.65. The van der Waals surface area contributed by atoms with E-state index in [1.165, 1.54) is 5.56 Å². The lowest BCUT2D eigenvalue weighted by molar-refractivity contribution is 0.211. The fraction of sp³-hybridized carbons (Fsp3) is 0.296. The Morgan fingerprint density at radius 2 is 1.86 bits per heavy atom. The zero-order valence-electron chi connectivity index (χ0n) is 20.7. The molecule has 1 fully saturated rings. The van der Waals surface area contributed by atoms with Gasteiger partial charge in [-0.1, -0.05) is 23.9 Å². The number of nitrogens with zero attached hydrogens (tertiary/aromatic N) is 4. The third-order valence-corrected chi connectivity index (χ3v) is 9.66. The Morgan fingerprint density at radius 3 is 2.51 bits per heavy atom. The molecular weight excluding hydrogens is 521 g/mol. The predicted molar refractivity (Wildman–Crippen MR) is 151 cm³/mol. The van der Waals surface area contributed by atoms with Gasteiger partial charge in [0.05, 0.1) is 26.7 Å². The van der Waals surface area contributed by atoms with Crippen LogP contribution in [0.15, 0.2) is 62.7 Å². The first-order valence-electron chi connectivity index (χ1n) is 12.1. The number of thiophene rings is 1. The maximum Gasteiger partial charge on any atom is 0.224 e. The second kappa shape index (κ2) is 11.3. The van der Waals surface area contributed by atoms with Crippen LogP contribution in [0.4, 0.5) is 5.95 Å². The van der Waals surface area contributed by atoms with Crippen molar-refractivity contribution in [3.8, 4) is 6.07 Å². The Kier molecular flexibility index (Phi) is 7.88. The maximum atomic E-state index is 11.4. The van der Waals surface area contributed by atoms with Crippen LogP contribution >= 0.6 is 23.1 Å². The molecule has 1 atom stereocenters. The lowest BCUT2D eigenvalue weighted by Gasteiger charge is -2.32. The third kappa shape index (κ3) is 6.03. The standard InChI is InChI=1S/C27H28N6OS3/c1-17-13-20(15-28)14-18(2)24(17)36-26-25-23(9-12-35-25)31-27(32-26)30-21-7-10-33(11-8-21)16-19-3-5-22(6-4-19)37(29)34/h3-6,9,12-14,21H,7-8,10-11,16,29H2,1-2H3,(H,30,31,32). The van der Waals surface area contributed by atoms with Crippen LogP contribution in [0.2, 0.25) is 0 Å². The van der Waals surface area contributed by atoms with Crippen molar-refractivity contribution < 1.29 is 4.21 Å². The van der Waals surface area contributed by atoms with Gasteiger partial charge < -0.3 is 5.32 Å². The van der Waals surface area contributed by atoms with E-state index in [1.54, 1.807) is 23.1 Å². The summed E-state index contributed by atoms with van der Waals surface area (Å²) in [6, 6.07) is 16.2. The van der Waals surface area contributed by atoms with Crippen LogP contribution in [-0.4, -0.2) is 38.2 Å². The second-order valence-corrected chi connectivity index (χ2v) is 12.3. The van der Waals surface area contributed by atoms with Crippen LogP contribution in [-0.2, 0) is 17.5 Å². The highest BCUT2D eigenvalue weighted by Crippen LogP contribution is 2.38. The first-order valence-corrected chi connectivity index (χ1v) is 15.0. The molecule has 0 saturated carbocycles. The number of rotatable bonds is 7. The average Bonchev–Trinajstić information content (AvgIpc) is 3.36. The molecule has 1 unspecified atom stereocenters. The van der Waals surface area contributed by atoms with Crippen LogP contribution in [0.3, 0.4) is 0 Å². The minimum absolute atomic E-state index is 0.311. The summed E-state index contributed by atoms with van der Waals surface area (Å²) in [5.74, 6) is 0.668. The number of piperidine rings is 1. The normalized spacial score (nSPS) is 15.5. The van der Waals surface area contributed by atoms with Gasteiger partial charge in [-0.15, -0.1) is 11.3 Å². The number of hydrogen-bond acceptors (Lipinski definition) is 8. The summed E-state index contributed by atoms with van der Waals surface area (Å²) in [5.41, 5.74) is 4.99.